The number of pyridine rings is 1. The number of halogens is 1. The van der Waals surface area contributed by atoms with Crippen LogP contribution < -0.4 is 5.32 Å². The number of hydrogen-bond donors (Lipinski definition) is 1. The Hall–Kier alpha value is -2.71. The molecule has 6 heteroatoms. The summed E-state index contributed by atoms with van der Waals surface area (Å²) in [6, 6.07) is 13.9. The van der Waals surface area contributed by atoms with Gasteiger partial charge in [-0.05, 0) is 30.2 Å². The fourth-order valence-corrected chi connectivity index (χ4v) is 2.25. The molecular weight excluding hydrogens is 314 g/mol. The first-order chi connectivity index (χ1) is 11.1. The number of carbonyl (C=O) groups is 2. The van der Waals surface area contributed by atoms with Crippen LogP contribution >= 0.6 is 11.6 Å². The number of nitrogens with one attached hydrogen (secondary N) is 1. The van der Waals surface area contributed by atoms with E-state index in [1.165, 1.54) is 6.20 Å². The van der Waals surface area contributed by atoms with Gasteiger partial charge in [-0.3, -0.25) is 9.59 Å². The molecule has 0 spiro atoms. The lowest BCUT2D eigenvalue weighted by molar-refractivity contribution is -0.128. The van der Waals surface area contributed by atoms with Gasteiger partial charge in [0.15, 0.2) is 11.7 Å². The zero-order valence-electron chi connectivity index (χ0n) is 12.2. The highest BCUT2D eigenvalue weighted by Crippen LogP contribution is 2.18. The highest BCUT2D eigenvalue weighted by molar-refractivity contribution is 6.31. The van der Waals surface area contributed by atoms with E-state index in [0.29, 0.717) is 17.3 Å². The number of carbonyl (C=O) groups excluding carboxylic acids is 2. The standard InChI is InChI=1S/C17H14ClN3O2/c18-14-6-2-1-5-12(14)8-9-15(22)13(11-19)17(23)21-16-7-3-4-10-20-16/h1-7,10,13H,8-9H2,(H,20,21,23)/t13-/m1/s1. The number of rotatable bonds is 6. The van der Waals surface area contributed by atoms with Gasteiger partial charge in [0, 0.05) is 17.6 Å². The van der Waals surface area contributed by atoms with Crippen molar-refractivity contribution in [2.45, 2.75) is 12.8 Å². The van der Waals surface area contributed by atoms with E-state index in [0.717, 1.165) is 5.56 Å². The quantitative estimate of drug-likeness (QED) is 0.827. The Kier molecular flexibility index (Phi) is 5.84. The first-order valence-corrected chi connectivity index (χ1v) is 7.37. The topological polar surface area (TPSA) is 82.8 Å². The minimum Gasteiger partial charge on any atom is -0.309 e. The van der Waals surface area contributed by atoms with Crippen molar-refractivity contribution >= 4 is 29.1 Å². The van der Waals surface area contributed by atoms with Crippen LogP contribution in [0, 0.1) is 17.2 Å². The van der Waals surface area contributed by atoms with Crippen molar-refractivity contribution in [2.75, 3.05) is 5.32 Å². The molecule has 1 heterocycles. The van der Waals surface area contributed by atoms with Crippen LogP contribution in [0.4, 0.5) is 5.82 Å². The van der Waals surface area contributed by atoms with Gasteiger partial charge < -0.3 is 5.32 Å². The Balaban J connectivity index is 1.97. The third-order valence-corrected chi connectivity index (χ3v) is 3.60. The number of anilines is 1. The van der Waals surface area contributed by atoms with Crippen LogP contribution in [0.5, 0.6) is 0 Å². The van der Waals surface area contributed by atoms with Crippen molar-refractivity contribution < 1.29 is 9.59 Å². The van der Waals surface area contributed by atoms with Crippen molar-refractivity contribution in [3.63, 3.8) is 0 Å². The summed E-state index contributed by atoms with van der Waals surface area (Å²) in [6.07, 6.45) is 1.96. The van der Waals surface area contributed by atoms with E-state index in [-0.39, 0.29) is 6.42 Å². The molecule has 1 aromatic heterocycles. The van der Waals surface area contributed by atoms with Crippen molar-refractivity contribution in [2.24, 2.45) is 5.92 Å². The van der Waals surface area contributed by atoms with Crippen molar-refractivity contribution in [3.8, 4) is 6.07 Å². The molecule has 116 valence electrons. The molecule has 5 nitrogen and oxygen atoms in total. The first kappa shape index (κ1) is 16.7. The summed E-state index contributed by atoms with van der Waals surface area (Å²) >= 11 is 6.03. The third-order valence-electron chi connectivity index (χ3n) is 3.23. The maximum absolute atomic E-state index is 12.1. The largest absolute Gasteiger partial charge is 0.309 e. The Bertz CT molecular complexity index is 741. The first-order valence-electron chi connectivity index (χ1n) is 6.99. The molecule has 1 N–H and O–H groups in total. The van der Waals surface area contributed by atoms with Crippen molar-refractivity contribution in [3.05, 3.63) is 59.2 Å². The van der Waals surface area contributed by atoms with Gasteiger partial charge in [0.1, 0.15) is 5.82 Å². The van der Waals surface area contributed by atoms with Gasteiger partial charge in [-0.2, -0.15) is 5.26 Å². The summed E-state index contributed by atoms with van der Waals surface area (Å²) in [7, 11) is 0. The maximum Gasteiger partial charge on any atom is 0.250 e. The molecule has 2 aromatic rings. The molecule has 0 fully saturated rings. The Morgan fingerprint density at radius 2 is 1.96 bits per heavy atom. The molecule has 1 aromatic carbocycles. The lowest BCUT2D eigenvalue weighted by Gasteiger charge is -2.09. The minimum absolute atomic E-state index is 0.0671. The molecule has 0 aliphatic rings. The normalized spacial score (nSPS) is 11.3. The van der Waals surface area contributed by atoms with Crippen LogP contribution in [-0.4, -0.2) is 16.7 Å². The molecule has 0 saturated heterocycles. The maximum atomic E-state index is 12.1. The van der Waals surface area contributed by atoms with E-state index in [9.17, 15) is 9.59 Å². The predicted molar refractivity (Wildman–Crippen MR) is 86.7 cm³/mol. The van der Waals surface area contributed by atoms with Gasteiger partial charge >= 0.3 is 0 Å². The highest BCUT2D eigenvalue weighted by Gasteiger charge is 2.26. The van der Waals surface area contributed by atoms with Gasteiger partial charge in [0.2, 0.25) is 0 Å². The monoisotopic (exact) mass is 327 g/mol. The summed E-state index contributed by atoms with van der Waals surface area (Å²) in [6.45, 7) is 0. The van der Waals surface area contributed by atoms with Crippen molar-refractivity contribution in [1.29, 1.82) is 5.26 Å². The van der Waals surface area contributed by atoms with Crippen LogP contribution in [0.3, 0.4) is 0 Å². The van der Waals surface area contributed by atoms with Gasteiger partial charge in [0.25, 0.3) is 5.91 Å². The average molecular weight is 328 g/mol. The number of nitriles is 1. The average Bonchev–Trinajstić information content (AvgIpc) is 2.55. The fraction of sp³-hybridized carbons (Fsp3) is 0.176. The summed E-state index contributed by atoms with van der Waals surface area (Å²) < 4.78 is 0. The summed E-state index contributed by atoms with van der Waals surface area (Å²) in [4.78, 5) is 28.1. The molecule has 23 heavy (non-hydrogen) atoms. The molecule has 0 saturated carbocycles. The van der Waals surface area contributed by atoms with Crippen LogP contribution in [0.1, 0.15) is 12.0 Å². The van der Waals surface area contributed by atoms with E-state index < -0.39 is 17.6 Å². The minimum atomic E-state index is -1.36. The molecule has 0 radical (unpaired) electrons. The van der Waals surface area contributed by atoms with E-state index in [1.54, 1.807) is 36.4 Å². The third kappa shape index (κ3) is 4.63. The molecule has 2 rings (SSSR count). The second-order valence-electron chi connectivity index (χ2n) is 4.82. The fourth-order valence-electron chi connectivity index (χ4n) is 2.02. The second kappa shape index (κ2) is 8.06. The molecule has 0 bridgehead atoms. The Labute approximate surface area is 138 Å². The Morgan fingerprint density at radius 3 is 2.61 bits per heavy atom. The number of aryl methyl sites for hydroxylation is 1. The van der Waals surface area contributed by atoms with E-state index >= 15 is 0 Å². The van der Waals surface area contributed by atoms with Gasteiger partial charge in [-0.25, -0.2) is 4.98 Å². The summed E-state index contributed by atoms with van der Waals surface area (Å²) in [5.74, 6) is -2.17. The van der Waals surface area contributed by atoms with Crippen LogP contribution in [0.15, 0.2) is 48.7 Å². The van der Waals surface area contributed by atoms with Crippen LogP contribution in [0.25, 0.3) is 0 Å². The molecular formula is C17H14ClN3O2. The number of benzene rings is 1. The number of Topliss-reactive ketones (excluding diaryl/α,β-unsaturated/α-hetero) is 1. The molecule has 0 aliphatic carbocycles. The number of ketones is 1. The number of amides is 1. The number of hydrogen-bond acceptors (Lipinski definition) is 4. The van der Waals surface area contributed by atoms with E-state index in [4.69, 9.17) is 16.9 Å². The smallest absolute Gasteiger partial charge is 0.250 e. The van der Waals surface area contributed by atoms with Gasteiger partial charge in [0.05, 0.1) is 6.07 Å². The van der Waals surface area contributed by atoms with E-state index in [1.807, 2.05) is 12.1 Å². The zero-order chi connectivity index (χ0) is 16.7. The lowest BCUT2D eigenvalue weighted by atomic mass is 9.98. The second-order valence-corrected chi connectivity index (χ2v) is 5.23. The predicted octanol–water partition coefficient (Wildman–Crippen LogP) is 3.02. The number of aromatic nitrogens is 1. The Morgan fingerprint density at radius 1 is 1.22 bits per heavy atom. The number of nitrogens with zero attached hydrogens (tertiary/aromatic N) is 2. The highest BCUT2D eigenvalue weighted by atomic mass is 35.5. The lowest BCUT2D eigenvalue weighted by Crippen LogP contribution is -2.29. The van der Waals surface area contributed by atoms with Gasteiger partial charge in [-0.15, -0.1) is 0 Å². The van der Waals surface area contributed by atoms with E-state index in [2.05, 4.69) is 10.3 Å². The molecule has 0 aliphatic heterocycles. The SMILES string of the molecule is N#C[C@H](C(=O)CCc1ccccc1Cl)C(=O)Nc1ccccn1. The molecule has 1 atom stereocenters. The zero-order valence-corrected chi connectivity index (χ0v) is 13.0. The van der Waals surface area contributed by atoms with Crippen LogP contribution in [-0.2, 0) is 16.0 Å². The van der Waals surface area contributed by atoms with Crippen LogP contribution in [0.2, 0.25) is 5.02 Å². The molecule has 0 unspecified atom stereocenters. The summed E-state index contributed by atoms with van der Waals surface area (Å²) in [5.41, 5.74) is 0.810. The summed E-state index contributed by atoms with van der Waals surface area (Å²) in [5, 5.41) is 12.1. The van der Waals surface area contributed by atoms with Gasteiger partial charge in [-0.1, -0.05) is 35.9 Å². The molecule has 1 amide bonds. The van der Waals surface area contributed by atoms with Crippen molar-refractivity contribution in [1.82, 2.24) is 4.98 Å².